The van der Waals surface area contributed by atoms with Crippen LogP contribution in [-0.2, 0) is 17.8 Å². The van der Waals surface area contributed by atoms with Crippen molar-refractivity contribution in [1.29, 1.82) is 0 Å². The van der Waals surface area contributed by atoms with Crippen LogP contribution in [0.2, 0.25) is 0 Å². The maximum atomic E-state index is 13.6. The first-order valence-corrected chi connectivity index (χ1v) is 8.81. The van der Waals surface area contributed by atoms with Crippen LogP contribution in [0.3, 0.4) is 0 Å². The zero-order chi connectivity index (χ0) is 19.1. The van der Waals surface area contributed by atoms with Crippen LogP contribution in [0.4, 0.5) is 16.0 Å². The van der Waals surface area contributed by atoms with Crippen LogP contribution < -0.4 is 10.2 Å². The third-order valence-corrected chi connectivity index (χ3v) is 4.15. The summed E-state index contributed by atoms with van der Waals surface area (Å²) in [6, 6.07) is 19.9. The molecule has 1 aromatic heterocycles. The number of carbonyl (C=O) groups excluding carboxylic acids is 1. The van der Waals surface area contributed by atoms with Crippen molar-refractivity contribution in [3.63, 3.8) is 0 Å². The molecule has 0 unspecified atom stereocenters. The minimum absolute atomic E-state index is 0.0504. The van der Waals surface area contributed by atoms with Crippen LogP contribution >= 0.6 is 0 Å². The molecule has 1 N–H and O–H groups in total. The van der Waals surface area contributed by atoms with Gasteiger partial charge in [-0.25, -0.2) is 4.39 Å². The molecule has 5 nitrogen and oxygen atoms in total. The van der Waals surface area contributed by atoms with Crippen molar-refractivity contribution >= 4 is 17.5 Å². The summed E-state index contributed by atoms with van der Waals surface area (Å²) in [7, 11) is 0. The van der Waals surface area contributed by atoms with Gasteiger partial charge in [0.25, 0.3) is 0 Å². The highest BCUT2D eigenvalue weighted by atomic mass is 19.1. The van der Waals surface area contributed by atoms with Crippen LogP contribution in [0.1, 0.15) is 18.1 Å². The lowest BCUT2D eigenvalue weighted by Gasteiger charge is -2.21. The van der Waals surface area contributed by atoms with Gasteiger partial charge in [-0.05, 0) is 36.2 Å². The summed E-state index contributed by atoms with van der Waals surface area (Å²) >= 11 is 0. The second-order valence-electron chi connectivity index (χ2n) is 6.09. The standard InChI is InChI=1S/C21H21FN4O/c1-2-26(15-16-8-4-3-5-9-16)20-13-12-19(24-25-20)23-21(27)14-17-10-6-7-11-18(17)22/h3-13H,2,14-15H2,1H3,(H,23,24,27). The van der Waals surface area contributed by atoms with Gasteiger partial charge in [0.05, 0.1) is 6.42 Å². The van der Waals surface area contributed by atoms with Gasteiger partial charge in [0.1, 0.15) is 5.82 Å². The molecule has 0 spiro atoms. The van der Waals surface area contributed by atoms with E-state index in [1.807, 2.05) is 24.3 Å². The van der Waals surface area contributed by atoms with E-state index in [-0.39, 0.29) is 12.3 Å². The summed E-state index contributed by atoms with van der Waals surface area (Å²) in [5.41, 5.74) is 1.53. The number of amides is 1. The van der Waals surface area contributed by atoms with E-state index in [9.17, 15) is 9.18 Å². The van der Waals surface area contributed by atoms with Gasteiger partial charge in [0.15, 0.2) is 11.6 Å². The summed E-state index contributed by atoms with van der Waals surface area (Å²) in [4.78, 5) is 14.2. The molecule has 3 aromatic rings. The lowest BCUT2D eigenvalue weighted by Crippen LogP contribution is -2.23. The molecule has 3 rings (SSSR count). The Hall–Kier alpha value is -3.28. The molecule has 0 aliphatic rings. The van der Waals surface area contributed by atoms with Gasteiger partial charge in [0, 0.05) is 13.1 Å². The molecule has 0 aliphatic carbocycles. The molecule has 1 heterocycles. The Morgan fingerprint density at radius 2 is 1.74 bits per heavy atom. The molecule has 0 fully saturated rings. The van der Waals surface area contributed by atoms with Gasteiger partial charge < -0.3 is 10.2 Å². The fraction of sp³-hybridized carbons (Fsp3) is 0.190. The van der Waals surface area contributed by atoms with Crippen molar-refractivity contribution in [3.8, 4) is 0 Å². The van der Waals surface area contributed by atoms with Crippen molar-refractivity contribution in [2.45, 2.75) is 19.9 Å². The highest BCUT2D eigenvalue weighted by molar-refractivity contribution is 5.91. The number of hydrogen-bond donors (Lipinski definition) is 1. The second kappa shape index (κ2) is 8.89. The van der Waals surface area contributed by atoms with Gasteiger partial charge in [-0.1, -0.05) is 48.5 Å². The Kier molecular flexibility index (Phi) is 6.10. The SMILES string of the molecule is CCN(Cc1ccccc1)c1ccc(NC(=O)Cc2ccccc2F)nn1. The smallest absolute Gasteiger partial charge is 0.230 e. The second-order valence-corrected chi connectivity index (χ2v) is 6.09. The third kappa shape index (κ3) is 5.10. The molecule has 27 heavy (non-hydrogen) atoms. The fourth-order valence-corrected chi connectivity index (χ4v) is 2.72. The summed E-state index contributed by atoms with van der Waals surface area (Å²) < 4.78 is 13.6. The average Bonchev–Trinajstić information content (AvgIpc) is 2.69. The van der Waals surface area contributed by atoms with Gasteiger partial charge >= 0.3 is 0 Å². The van der Waals surface area contributed by atoms with E-state index in [1.165, 1.54) is 11.6 Å². The van der Waals surface area contributed by atoms with Crippen LogP contribution in [-0.4, -0.2) is 22.6 Å². The molecule has 0 saturated heterocycles. The highest BCUT2D eigenvalue weighted by Gasteiger charge is 2.11. The maximum absolute atomic E-state index is 13.6. The number of rotatable bonds is 7. The van der Waals surface area contributed by atoms with Crippen LogP contribution in [0.15, 0.2) is 66.7 Å². The first-order chi connectivity index (χ1) is 13.2. The first-order valence-electron chi connectivity index (χ1n) is 8.81. The number of nitrogens with one attached hydrogen (secondary N) is 1. The largest absolute Gasteiger partial charge is 0.351 e. The molecule has 138 valence electrons. The summed E-state index contributed by atoms with van der Waals surface area (Å²) in [5.74, 6) is 0.344. The van der Waals surface area contributed by atoms with Crippen LogP contribution in [0, 0.1) is 5.82 Å². The first kappa shape index (κ1) is 18.5. The van der Waals surface area contributed by atoms with Crippen molar-refractivity contribution in [3.05, 3.63) is 83.7 Å². The van der Waals surface area contributed by atoms with Crippen molar-refractivity contribution in [2.75, 3.05) is 16.8 Å². The molecule has 0 bridgehead atoms. The molecule has 0 saturated carbocycles. The normalized spacial score (nSPS) is 10.4. The van der Waals surface area contributed by atoms with E-state index in [2.05, 4.69) is 39.5 Å². The van der Waals surface area contributed by atoms with Crippen molar-refractivity contribution in [1.82, 2.24) is 10.2 Å². The van der Waals surface area contributed by atoms with Crippen LogP contribution in [0.25, 0.3) is 0 Å². The minimum atomic E-state index is -0.395. The Morgan fingerprint density at radius 3 is 2.41 bits per heavy atom. The zero-order valence-electron chi connectivity index (χ0n) is 15.1. The van der Waals surface area contributed by atoms with Crippen molar-refractivity contribution < 1.29 is 9.18 Å². The van der Waals surface area contributed by atoms with Gasteiger partial charge in [-0.3, -0.25) is 4.79 Å². The monoisotopic (exact) mass is 364 g/mol. The molecular formula is C21H21FN4O. The topological polar surface area (TPSA) is 58.1 Å². The fourth-order valence-electron chi connectivity index (χ4n) is 2.72. The van der Waals surface area contributed by atoms with E-state index in [0.717, 1.165) is 18.9 Å². The summed E-state index contributed by atoms with van der Waals surface area (Å²) in [6.45, 7) is 3.56. The number of halogens is 1. The van der Waals surface area contributed by atoms with E-state index < -0.39 is 5.82 Å². The molecule has 6 heteroatoms. The average molecular weight is 364 g/mol. The predicted octanol–water partition coefficient (Wildman–Crippen LogP) is 3.82. The van der Waals surface area contributed by atoms with E-state index in [0.29, 0.717) is 11.4 Å². The van der Waals surface area contributed by atoms with Gasteiger partial charge in [-0.2, -0.15) is 0 Å². The molecule has 0 atom stereocenters. The Labute approximate surface area is 157 Å². The Bertz CT molecular complexity index is 884. The maximum Gasteiger partial charge on any atom is 0.230 e. The number of benzene rings is 2. The lowest BCUT2D eigenvalue weighted by atomic mass is 10.1. The van der Waals surface area contributed by atoms with Gasteiger partial charge in [-0.15, -0.1) is 10.2 Å². The number of anilines is 2. The van der Waals surface area contributed by atoms with Gasteiger partial charge in [0.2, 0.25) is 5.91 Å². The highest BCUT2D eigenvalue weighted by Crippen LogP contribution is 2.15. The van der Waals surface area contributed by atoms with Crippen molar-refractivity contribution in [2.24, 2.45) is 0 Å². The minimum Gasteiger partial charge on any atom is -0.351 e. The number of nitrogens with zero attached hydrogens (tertiary/aromatic N) is 3. The summed E-state index contributed by atoms with van der Waals surface area (Å²) in [5, 5.41) is 10.9. The van der Waals surface area contributed by atoms with E-state index in [1.54, 1.807) is 24.3 Å². The number of aromatic nitrogens is 2. The van der Waals surface area contributed by atoms with E-state index >= 15 is 0 Å². The Balaban J connectivity index is 1.62. The predicted molar refractivity (Wildman–Crippen MR) is 104 cm³/mol. The molecule has 0 radical (unpaired) electrons. The molecule has 1 amide bonds. The summed E-state index contributed by atoms with van der Waals surface area (Å²) in [6.07, 6.45) is -0.0504. The number of carbonyl (C=O) groups is 1. The zero-order valence-corrected chi connectivity index (χ0v) is 15.1. The molecule has 0 aliphatic heterocycles. The van der Waals surface area contributed by atoms with E-state index in [4.69, 9.17) is 0 Å². The molecule has 2 aromatic carbocycles. The van der Waals surface area contributed by atoms with Crippen LogP contribution in [0.5, 0.6) is 0 Å². The quantitative estimate of drug-likeness (QED) is 0.692. The lowest BCUT2D eigenvalue weighted by molar-refractivity contribution is -0.115. The molecular weight excluding hydrogens is 343 g/mol. The third-order valence-electron chi connectivity index (χ3n) is 4.15. The Morgan fingerprint density at radius 1 is 1.00 bits per heavy atom. The number of hydrogen-bond acceptors (Lipinski definition) is 4.